The topological polar surface area (TPSA) is 0 Å². The molecular formula is C30H60AlP. The molecule has 0 heterocycles. The zero-order valence-corrected chi connectivity index (χ0v) is 25.3. The van der Waals surface area contributed by atoms with Crippen LogP contribution in [0, 0.1) is 17.8 Å². The average molecular weight is 479 g/mol. The number of hydrogen-bond acceptors (Lipinski definition) is 0. The van der Waals surface area contributed by atoms with Crippen LogP contribution in [0.1, 0.15) is 138 Å². The zero-order chi connectivity index (χ0) is 23.3. The van der Waals surface area contributed by atoms with Crippen LogP contribution in [0.4, 0.5) is 0 Å². The van der Waals surface area contributed by atoms with Gasteiger partial charge in [-0.3, -0.25) is 0 Å². The number of hydrogen-bond donors (Lipinski definition) is 0. The summed E-state index contributed by atoms with van der Waals surface area (Å²) in [4.78, 5) is 0. The number of rotatable bonds is 9. The molecule has 0 spiro atoms. The quantitative estimate of drug-likeness (QED) is 0.228. The van der Waals surface area contributed by atoms with Crippen molar-refractivity contribution in [3.63, 3.8) is 0 Å². The van der Waals surface area contributed by atoms with Gasteiger partial charge in [0.15, 0.2) is 0 Å². The summed E-state index contributed by atoms with van der Waals surface area (Å²) >= 11 is -0.407. The van der Waals surface area contributed by atoms with E-state index in [1.54, 1.807) is 92.9 Å². The first-order valence-corrected chi connectivity index (χ1v) is 19.1. The molecule has 0 amide bonds. The van der Waals surface area contributed by atoms with E-state index >= 15 is 0 Å². The Kier molecular flexibility index (Phi) is 15.1. The van der Waals surface area contributed by atoms with Crippen LogP contribution in [-0.2, 0) is 0 Å². The lowest BCUT2D eigenvalue weighted by Crippen LogP contribution is -2.28. The highest BCUT2D eigenvalue weighted by Gasteiger charge is 2.36. The Labute approximate surface area is 210 Å². The van der Waals surface area contributed by atoms with Gasteiger partial charge in [-0.25, -0.2) is 0 Å². The first kappa shape index (κ1) is 29.2. The lowest BCUT2D eigenvalue weighted by molar-refractivity contribution is 0.460. The van der Waals surface area contributed by atoms with Gasteiger partial charge in [0, 0.05) is 0 Å². The second-order valence-electron chi connectivity index (χ2n) is 13.1. The maximum absolute atomic E-state index is 2.38. The summed E-state index contributed by atoms with van der Waals surface area (Å²) < 4.78 is 0. The first-order chi connectivity index (χ1) is 15.4. The molecule has 32 heavy (non-hydrogen) atoms. The molecule has 3 rings (SSSR count). The van der Waals surface area contributed by atoms with Crippen molar-refractivity contribution in [2.45, 2.75) is 171 Å². The van der Waals surface area contributed by atoms with Crippen molar-refractivity contribution in [3.05, 3.63) is 0 Å². The predicted molar refractivity (Wildman–Crippen MR) is 152 cm³/mol. The Morgan fingerprint density at radius 1 is 0.469 bits per heavy atom. The second-order valence-corrected chi connectivity index (χ2v) is 19.3. The third-order valence-electron chi connectivity index (χ3n) is 8.40. The average Bonchev–Trinajstić information content (AvgIpc) is 2.75. The Hall–Kier alpha value is 0.962. The molecule has 0 N–H and O–H groups in total. The van der Waals surface area contributed by atoms with E-state index in [-0.39, 0.29) is 0 Å². The van der Waals surface area contributed by atoms with E-state index < -0.39 is 14.1 Å². The van der Waals surface area contributed by atoms with Crippen molar-refractivity contribution in [2.75, 3.05) is 0 Å². The van der Waals surface area contributed by atoms with Gasteiger partial charge in [0.25, 0.3) is 14.1 Å². The normalized spacial score (nSPS) is 21.9. The van der Waals surface area contributed by atoms with Crippen LogP contribution in [0.5, 0.6) is 0 Å². The molecule has 0 aromatic heterocycles. The van der Waals surface area contributed by atoms with Crippen LogP contribution in [-0.4, -0.2) is 31.1 Å². The van der Waals surface area contributed by atoms with Crippen LogP contribution in [0.2, 0.25) is 15.8 Å². The van der Waals surface area contributed by atoms with E-state index in [1.807, 2.05) is 0 Å². The van der Waals surface area contributed by atoms with Crippen molar-refractivity contribution in [1.29, 1.82) is 0 Å². The SMILES string of the molecule is C1CCC(P(C2CCCCC2)C2CCCCC2)CC1.CC(C)[CH2][Al]([CH2]C(C)C)[CH2]C(C)C. The molecule has 0 saturated heterocycles. The van der Waals surface area contributed by atoms with Crippen LogP contribution in [0.15, 0.2) is 0 Å². The Morgan fingerprint density at radius 2 is 0.719 bits per heavy atom. The highest BCUT2D eigenvalue weighted by Crippen LogP contribution is 2.61. The minimum atomic E-state index is -0.407. The Morgan fingerprint density at radius 3 is 0.938 bits per heavy atom. The van der Waals surface area contributed by atoms with Gasteiger partial charge in [-0.05, 0) is 55.5 Å². The van der Waals surface area contributed by atoms with Crippen LogP contribution < -0.4 is 0 Å². The summed E-state index contributed by atoms with van der Waals surface area (Å²) in [7, 11) is 0.385. The molecule has 0 nitrogen and oxygen atoms in total. The van der Waals surface area contributed by atoms with Gasteiger partial charge in [-0.15, -0.1) is 0 Å². The molecule has 0 aliphatic heterocycles. The van der Waals surface area contributed by atoms with Gasteiger partial charge >= 0.3 is 0 Å². The largest absolute Gasteiger partial charge is 0.262 e. The monoisotopic (exact) mass is 478 g/mol. The molecule has 3 aliphatic rings. The highest BCUT2D eigenvalue weighted by atomic mass is 31.1. The maximum Gasteiger partial charge on any atom is 0.262 e. The Balaban J connectivity index is 0.000000247. The van der Waals surface area contributed by atoms with Crippen LogP contribution in [0.25, 0.3) is 0 Å². The molecule has 0 atom stereocenters. The molecule has 3 aliphatic carbocycles. The van der Waals surface area contributed by atoms with E-state index in [0.717, 1.165) is 17.8 Å². The fourth-order valence-corrected chi connectivity index (χ4v) is 16.6. The molecule has 3 saturated carbocycles. The lowest BCUT2D eigenvalue weighted by atomic mass is 9.99. The summed E-state index contributed by atoms with van der Waals surface area (Å²) in [5, 5.41) is 4.66. The molecule has 3 fully saturated rings. The Bertz CT molecular complexity index is 375. The van der Waals surface area contributed by atoms with E-state index in [2.05, 4.69) is 41.5 Å². The van der Waals surface area contributed by atoms with Crippen LogP contribution in [0.3, 0.4) is 0 Å². The molecule has 0 bridgehead atoms. The molecule has 2 heteroatoms. The van der Waals surface area contributed by atoms with Crippen molar-refractivity contribution < 1.29 is 0 Å². The predicted octanol–water partition coefficient (Wildman–Crippen LogP) is 10.9. The van der Waals surface area contributed by atoms with E-state index in [0.29, 0.717) is 7.92 Å². The van der Waals surface area contributed by atoms with Gasteiger partial charge in [0.2, 0.25) is 0 Å². The summed E-state index contributed by atoms with van der Waals surface area (Å²) in [6.45, 7) is 14.3. The van der Waals surface area contributed by atoms with E-state index in [9.17, 15) is 0 Å². The van der Waals surface area contributed by atoms with Gasteiger partial charge in [-0.2, -0.15) is 0 Å². The highest BCUT2D eigenvalue weighted by molar-refractivity contribution is 7.60. The van der Waals surface area contributed by atoms with Gasteiger partial charge in [0.05, 0.1) is 0 Å². The molecule has 188 valence electrons. The molecule has 0 unspecified atom stereocenters. The smallest absolute Gasteiger partial charge is 0.0971 e. The zero-order valence-electron chi connectivity index (χ0n) is 23.2. The molecule has 0 radical (unpaired) electrons. The van der Waals surface area contributed by atoms with E-state index in [1.165, 1.54) is 36.2 Å². The second kappa shape index (κ2) is 16.6. The molecule has 0 aromatic carbocycles. The summed E-state index contributed by atoms with van der Waals surface area (Å²) in [5.74, 6) is 2.78. The minimum Gasteiger partial charge on any atom is -0.0971 e. The maximum atomic E-state index is 2.38. The van der Waals surface area contributed by atoms with Crippen molar-refractivity contribution in [2.24, 2.45) is 17.8 Å². The summed E-state index contributed by atoms with van der Waals surface area (Å²) in [6.07, 6.45) is 23.6. The third kappa shape index (κ3) is 11.6. The van der Waals surface area contributed by atoms with Crippen LogP contribution >= 0.6 is 7.92 Å². The van der Waals surface area contributed by atoms with Crippen molar-refractivity contribution in [1.82, 2.24) is 0 Å². The first-order valence-electron chi connectivity index (χ1n) is 15.1. The van der Waals surface area contributed by atoms with Gasteiger partial charge < -0.3 is 0 Å². The fourth-order valence-electron chi connectivity index (χ4n) is 7.32. The molecular weight excluding hydrogens is 418 g/mol. The lowest BCUT2D eigenvalue weighted by Gasteiger charge is -2.44. The van der Waals surface area contributed by atoms with Gasteiger partial charge in [-0.1, -0.05) is 141 Å². The fraction of sp³-hybridized carbons (Fsp3) is 1.00. The van der Waals surface area contributed by atoms with Crippen molar-refractivity contribution >= 4 is 22.1 Å². The standard InChI is InChI=1S/C18H33P.3C4H9.Al/c1-4-10-16(11-5-1)19(17-12-6-2-7-13-17)18-14-8-3-9-15-18;3*1-4(2)3;/h16-18H,1-15H2;3*4H,1H2,2-3H3;. The van der Waals surface area contributed by atoms with Gasteiger partial charge in [0.1, 0.15) is 0 Å². The summed E-state index contributed by atoms with van der Waals surface area (Å²) in [6, 6.07) is 0. The molecule has 0 aromatic rings. The van der Waals surface area contributed by atoms with E-state index in [4.69, 9.17) is 0 Å². The van der Waals surface area contributed by atoms with Crippen molar-refractivity contribution in [3.8, 4) is 0 Å². The summed E-state index contributed by atoms with van der Waals surface area (Å²) in [5.41, 5.74) is 3.57. The third-order valence-corrected chi connectivity index (χ3v) is 17.3. The minimum absolute atomic E-state index is 0.385.